The first-order valence-electron chi connectivity index (χ1n) is 6.91. The molecule has 3 rings (SSSR count). The Hall–Kier alpha value is -1.82. The Morgan fingerprint density at radius 3 is 2.76 bits per heavy atom. The molecule has 0 aliphatic heterocycles. The third kappa shape index (κ3) is 3.44. The normalized spacial score (nSPS) is 15.4. The van der Waals surface area contributed by atoms with Gasteiger partial charge in [-0.25, -0.2) is 4.98 Å². The van der Waals surface area contributed by atoms with Crippen LogP contribution in [0.25, 0.3) is 0 Å². The van der Waals surface area contributed by atoms with Gasteiger partial charge in [-0.3, -0.25) is 0 Å². The Bertz CT molecular complexity index is 615. The van der Waals surface area contributed by atoms with Crippen molar-refractivity contribution in [3.05, 3.63) is 53.6 Å². The molecule has 21 heavy (non-hydrogen) atoms. The summed E-state index contributed by atoms with van der Waals surface area (Å²) < 4.78 is 40.0. The molecule has 0 atom stereocenters. The van der Waals surface area contributed by atoms with Gasteiger partial charge in [-0.2, -0.15) is 13.2 Å². The molecule has 1 aliphatic rings. The number of nitrogens with one attached hydrogen (secondary N) is 1. The molecule has 6 heteroatoms. The topological polar surface area (TPSA) is 29.9 Å². The lowest BCUT2D eigenvalue weighted by Crippen LogP contribution is -2.16. The monoisotopic (exact) mass is 295 g/mol. The summed E-state index contributed by atoms with van der Waals surface area (Å²) in [4.78, 5) is 4.13. The summed E-state index contributed by atoms with van der Waals surface area (Å²) in [5.41, 5.74) is 1.09. The van der Waals surface area contributed by atoms with E-state index in [9.17, 15) is 13.2 Å². The molecule has 0 radical (unpaired) electrons. The van der Waals surface area contributed by atoms with E-state index in [1.165, 1.54) is 25.0 Å². The second-order valence-electron chi connectivity index (χ2n) is 5.33. The zero-order chi connectivity index (χ0) is 14.9. The minimum atomic E-state index is -4.29. The van der Waals surface area contributed by atoms with Crippen molar-refractivity contribution in [3.8, 4) is 0 Å². The highest BCUT2D eigenvalue weighted by molar-refractivity contribution is 5.25. The first kappa shape index (κ1) is 14.1. The first-order valence-corrected chi connectivity index (χ1v) is 6.91. The van der Waals surface area contributed by atoms with Crippen LogP contribution in [0.1, 0.15) is 35.7 Å². The van der Waals surface area contributed by atoms with E-state index in [-0.39, 0.29) is 0 Å². The van der Waals surface area contributed by atoms with Crippen LogP contribution in [0.15, 0.2) is 36.8 Å². The van der Waals surface area contributed by atoms with Crippen LogP contribution in [0.5, 0.6) is 0 Å². The third-order valence-corrected chi connectivity index (χ3v) is 3.58. The highest BCUT2D eigenvalue weighted by Crippen LogP contribution is 2.35. The van der Waals surface area contributed by atoms with Gasteiger partial charge in [0.1, 0.15) is 0 Å². The summed E-state index contributed by atoms with van der Waals surface area (Å²) in [6, 6.07) is 5.96. The molecule has 1 saturated carbocycles. The molecule has 0 saturated heterocycles. The molecule has 0 unspecified atom stereocenters. The van der Waals surface area contributed by atoms with E-state index < -0.39 is 11.7 Å². The van der Waals surface area contributed by atoms with E-state index in [4.69, 9.17) is 0 Å². The zero-order valence-corrected chi connectivity index (χ0v) is 11.4. The Balaban J connectivity index is 1.59. The molecule has 1 N–H and O–H groups in total. The Morgan fingerprint density at radius 1 is 1.24 bits per heavy atom. The van der Waals surface area contributed by atoms with E-state index in [0.29, 0.717) is 24.7 Å². The summed E-state index contributed by atoms with van der Waals surface area (Å²) in [6.45, 7) is 1.01. The van der Waals surface area contributed by atoms with E-state index >= 15 is 0 Å². The third-order valence-electron chi connectivity index (χ3n) is 3.58. The number of nitrogens with zero attached hydrogens (tertiary/aromatic N) is 2. The lowest BCUT2D eigenvalue weighted by molar-refractivity contribution is -0.137. The van der Waals surface area contributed by atoms with Crippen molar-refractivity contribution in [1.29, 1.82) is 0 Å². The van der Waals surface area contributed by atoms with Crippen molar-refractivity contribution in [2.75, 3.05) is 0 Å². The van der Waals surface area contributed by atoms with Gasteiger partial charge in [0.2, 0.25) is 0 Å². The number of aromatic nitrogens is 2. The van der Waals surface area contributed by atoms with Gasteiger partial charge in [0.25, 0.3) is 0 Å². The smallest absolute Gasteiger partial charge is 0.330 e. The Kier molecular flexibility index (Phi) is 3.71. The van der Waals surface area contributed by atoms with E-state index in [0.717, 1.165) is 11.8 Å². The highest BCUT2D eigenvalue weighted by Gasteiger charge is 2.30. The zero-order valence-electron chi connectivity index (χ0n) is 11.4. The number of benzene rings is 1. The van der Waals surface area contributed by atoms with Gasteiger partial charge in [0.05, 0.1) is 17.6 Å². The van der Waals surface area contributed by atoms with Crippen molar-refractivity contribution in [3.63, 3.8) is 0 Å². The quantitative estimate of drug-likeness (QED) is 0.914. The number of hydrogen-bond acceptors (Lipinski definition) is 2. The average molecular weight is 295 g/mol. The van der Waals surface area contributed by atoms with Gasteiger partial charge < -0.3 is 9.88 Å². The SMILES string of the molecule is FC(F)(F)c1cccc(CNCc2cncn2C2CC2)c1. The van der Waals surface area contributed by atoms with Gasteiger partial charge in [-0.05, 0) is 24.5 Å². The Labute approximate surface area is 120 Å². The lowest BCUT2D eigenvalue weighted by atomic mass is 10.1. The average Bonchev–Trinajstić information content (AvgIpc) is 3.18. The van der Waals surface area contributed by atoms with Crippen molar-refractivity contribution in [2.24, 2.45) is 0 Å². The highest BCUT2D eigenvalue weighted by atomic mass is 19.4. The second-order valence-corrected chi connectivity index (χ2v) is 5.33. The second kappa shape index (κ2) is 5.52. The van der Waals surface area contributed by atoms with Crippen molar-refractivity contribution in [2.45, 2.75) is 38.1 Å². The summed E-state index contributed by atoms with van der Waals surface area (Å²) in [6.07, 6.45) is 1.69. The molecule has 1 aliphatic carbocycles. The van der Waals surface area contributed by atoms with Crippen LogP contribution in [0.2, 0.25) is 0 Å². The van der Waals surface area contributed by atoms with Gasteiger partial charge in [0, 0.05) is 25.3 Å². The summed E-state index contributed by atoms with van der Waals surface area (Å²) >= 11 is 0. The van der Waals surface area contributed by atoms with Gasteiger partial charge in [0.15, 0.2) is 0 Å². The molecule has 0 amide bonds. The molecule has 3 nitrogen and oxygen atoms in total. The van der Waals surface area contributed by atoms with Crippen molar-refractivity contribution < 1.29 is 13.2 Å². The standard InChI is InChI=1S/C15H16F3N3/c16-15(17,18)12-3-1-2-11(6-12)7-19-8-14-9-20-10-21(14)13-4-5-13/h1-3,6,9-10,13,19H,4-5,7-8H2. The molecule has 2 aromatic rings. The van der Waals surface area contributed by atoms with E-state index in [2.05, 4.69) is 14.9 Å². The van der Waals surface area contributed by atoms with Gasteiger partial charge in [-0.15, -0.1) is 0 Å². The van der Waals surface area contributed by atoms with Crippen LogP contribution in [0.4, 0.5) is 13.2 Å². The van der Waals surface area contributed by atoms with Gasteiger partial charge >= 0.3 is 6.18 Å². The van der Waals surface area contributed by atoms with Crippen LogP contribution in [0, 0.1) is 0 Å². The molecule has 1 fully saturated rings. The van der Waals surface area contributed by atoms with Crippen LogP contribution in [-0.4, -0.2) is 9.55 Å². The fraction of sp³-hybridized carbons (Fsp3) is 0.400. The summed E-state index contributed by atoms with van der Waals surface area (Å²) in [5, 5.41) is 3.18. The molecule has 1 aromatic carbocycles. The summed E-state index contributed by atoms with van der Waals surface area (Å²) in [7, 11) is 0. The van der Waals surface area contributed by atoms with Crippen molar-refractivity contribution in [1.82, 2.24) is 14.9 Å². The number of hydrogen-bond donors (Lipinski definition) is 1. The molecule has 0 spiro atoms. The van der Waals surface area contributed by atoms with E-state index in [1.54, 1.807) is 12.3 Å². The molecular weight excluding hydrogens is 279 g/mol. The first-order chi connectivity index (χ1) is 10.0. The largest absolute Gasteiger partial charge is 0.416 e. The van der Waals surface area contributed by atoms with Crippen molar-refractivity contribution >= 4 is 0 Å². The predicted octanol–water partition coefficient (Wildman–Crippen LogP) is 3.53. The maximum Gasteiger partial charge on any atom is 0.416 e. The maximum absolute atomic E-state index is 12.6. The minimum absolute atomic E-state index is 0.403. The number of rotatable bonds is 5. The maximum atomic E-state index is 12.6. The van der Waals surface area contributed by atoms with Crippen LogP contribution >= 0.6 is 0 Å². The van der Waals surface area contributed by atoms with Crippen LogP contribution < -0.4 is 5.32 Å². The van der Waals surface area contributed by atoms with Crippen LogP contribution in [0.3, 0.4) is 0 Å². The predicted molar refractivity (Wildman–Crippen MR) is 72.5 cm³/mol. The Morgan fingerprint density at radius 2 is 2.05 bits per heavy atom. The van der Waals surface area contributed by atoms with E-state index in [1.807, 2.05) is 6.33 Å². The summed E-state index contributed by atoms with van der Waals surface area (Å²) in [5.74, 6) is 0. The minimum Gasteiger partial charge on any atom is -0.330 e. The number of alkyl halides is 3. The van der Waals surface area contributed by atoms with Crippen LogP contribution in [-0.2, 0) is 19.3 Å². The molecule has 1 heterocycles. The molecule has 1 aromatic heterocycles. The number of halogens is 3. The molecular formula is C15H16F3N3. The number of imidazole rings is 1. The fourth-order valence-electron chi connectivity index (χ4n) is 2.34. The lowest BCUT2D eigenvalue weighted by Gasteiger charge is -2.10. The molecule has 112 valence electrons. The molecule has 0 bridgehead atoms. The van der Waals surface area contributed by atoms with Gasteiger partial charge in [-0.1, -0.05) is 18.2 Å². The fourth-order valence-corrected chi connectivity index (χ4v) is 2.34.